The molecule has 0 aromatic rings. The number of rotatable bonds is 0. The van der Waals surface area contributed by atoms with Crippen LogP contribution in [-0.4, -0.2) is 11.7 Å². The summed E-state index contributed by atoms with van der Waals surface area (Å²) in [6.07, 6.45) is 12.2. The Hall–Kier alpha value is -0.120. The van der Waals surface area contributed by atoms with E-state index in [2.05, 4.69) is 13.8 Å². The number of hydrogen-bond acceptors (Lipinski definition) is 3. The highest BCUT2D eigenvalue weighted by molar-refractivity contribution is 5.17. The SMILES string of the molecule is C[C@]12CC[C@H]3[C@@H](CC[C@H]4CCCC[C@@]43C)[C@@H]1C(N)(N)C(N)C2. The van der Waals surface area contributed by atoms with Crippen molar-refractivity contribution in [2.75, 3.05) is 0 Å². The summed E-state index contributed by atoms with van der Waals surface area (Å²) < 4.78 is 0. The van der Waals surface area contributed by atoms with E-state index in [4.69, 9.17) is 17.2 Å². The van der Waals surface area contributed by atoms with Crippen LogP contribution in [0.5, 0.6) is 0 Å². The molecule has 0 saturated heterocycles. The molecule has 0 bridgehead atoms. The molecule has 0 heterocycles. The molecular weight excluding hydrogens is 270 g/mol. The van der Waals surface area contributed by atoms with Gasteiger partial charge in [0, 0.05) is 6.04 Å². The summed E-state index contributed by atoms with van der Waals surface area (Å²) in [6.45, 7) is 5.02. The topological polar surface area (TPSA) is 78.1 Å². The lowest BCUT2D eigenvalue weighted by Crippen LogP contribution is -2.67. The molecule has 0 aliphatic heterocycles. The molecule has 0 amide bonds. The summed E-state index contributed by atoms with van der Waals surface area (Å²) in [4.78, 5) is 0. The van der Waals surface area contributed by atoms with E-state index >= 15 is 0 Å². The molecule has 4 rings (SSSR count). The molecule has 4 aliphatic rings. The van der Waals surface area contributed by atoms with E-state index in [0.717, 1.165) is 18.3 Å². The van der Waals surface area contributed by atoms with Gasteiger partial charge in [0.2, 0.25) is 0 Å². The molecule has 4 saturated carbocycles. The zero-order valence-electron chi connectivity index (χ0n) is 14.5. The minimum absolute atomic E-state index is 0.0295. The van der Waals surface area contributed by atoms with Crippen LogP contribution < -0.4 is 17.2 Å². The van der Waals surface area contributed by atoms with Crippen molar-refractivity contribution >= 4 is 0 Å². The minimum Gasteiger partial charge on any atom is -0.325 e. The summed E-state index contributed by atoms with van der Waals surface area (Å²) in [5, 5.41) is 0. The van der Waals surface area contributed by atoms with Gasteiger partial charge in [-0.25, -0.2) is 0 Å². The van der Waals surface area contributed by atoms with Gasteiger partial charge in [0.05, 0.1) is 5.66 Å². The molecule has 6 N–H and O–H groups in total. The summed E-state index contributed by atoms with van der Waals surface area (Å²) in [7, 11) is 0. The second-order valence-corrected chi connectivity index (χ2v) is 9.78. The Balaban J connectivity index is 1.70. The number of hydrogen-bond donors (Lipinski definition) is 3. The number of nitrogens with two attached hydrogens (primary N) is 3. The smallest absolute Gasteiger partial charge is 0.0829 e. The normalized spacial score (nSPS) is 56.9. The first-order valence-corrected chi connectivity index (χ1v) is 9.62. The van der Waals surface area contributed by atoms with E-state index in [0.29, 0.717) is 17.3 Å². The molecule has 0 aromatic carbocycles. The van der Waals surface area contributed by atoms with Crippen molar-refractivity contribution < 1.29 is 0 Å². The molecule has 126 valence electrons. The second kappa shape index (κ2) is 4.70. The van der Waals surface area contributed by atoms with Gasteiger partial charge in [0.1, 0.15) is 0 Å². The Labute approximate surface area is 135 Å². The Morgan fingerprint density at radius 3 is 2.45 bits per heavy atom. The van der Waals surface area contributed by atoms with E-state index in [1.807, 2.05) is 0 Å². The molecule has 4 aliphatic carbocycles. The van der Waals surface area contributed by atoms with Gasteiger partial charge in [-0.2, -0.15) is 0 Å². The van der Waals surface area contributed by atoms with Crippen molar-refractivity contribution in [2.45, 2.75) is 83.3 Å². The van der Waals surface area contributed by atoms with Gasteiger partial charge in [0.15, 0.2) is 0 Å². The summed E-state index contributed by atoms with van der Waals surface area (Å²) in [6, 6.07) is -0.0295. The molecule has 0 radical (unpaired) electrons. The molecule has 1 unspecified atom stereocenters. The predicted octanol–water partition coefficient (Wildman–Crippen LogP) is 2.97. The average Bonchev–Trinajstić information content (AvgIpc) is 2.63. The van der Waals surface area contributed by atoms with Gasteiger partial charge in [-0.15, -0.1) is 0 Å². The molecule has 7 atom stereocenters. The third kappa shape index (κ3) is 1.85. The fourth-order valence-corrected chi connectivity index (χ4v) is 7.69. The third-order valence-corrected chi connectivity index (χ3v) is 8.74. The van der Waals surface area contributed by atoms with E-state index in [9.17, 15) is 0 Å². The monoisotopic (exact) mass is 305 g/mol. The zero-order valence-corrected chi connectivity index (χ0v) is 14.5. The summed E-state index contributed by atoms with van der Waals surface area (Å²) in [5.74, 6) is 2.92. The van der Waals surface area contributed by atoms with Crippen molar-refractivity contribution in [3.8, 4) is 0 Å². The van der Waals surface area contributed by atoms with Crippen LogP contribution >= 0.6 is 0 Å². The van der Waals surface area contributed by atoms with Gasteiger partial charge in [-0.1, -0.05) is 26.7 Å². The molecule has 4 fully saturated rings. The Bertz CT molecular complexity index is 462. The van der Waals surface area contributed by atoms with Crippen LogP contribution in [-0.2, 0) is 0 Å². The average molecular weight is 306 g/mol. The van der Waals surface area contributed by atoms with Crippen LogP contribution in [0.15, 0.2) is 0 Å². The van der Waals surface area contributed by atoms with E-state index in [1.54, 1.807) is 0 Å². The standard InChI is InChI=1S/C19H35N3/c1-17-10-8-14-13(16(17)19(21,22)15(20)11-17)7-6-12-5-3-4-9-18(12,14)2/h12-16H,3-11,20-22H2,1-2H3/t12-,13-,14+,15?,16+,17-,18+/m1/s1. The Kier molecular flexibility index (Phi) is 3.30. The van der Waals surface area contributed by atoms with E-state index in [-0.39, 0.29) is 11.5 Å². The lowest BCUT2D eigenvalue weighted by molar-refractivity contribution is -0.114. The maximum atomic E-state index is 6.63. The third-order valence-electron chi connectivity index (χ3n) is 8.74. The molecular formula is C19H35N3. The molecule has 3 nitrogen and oxygen atoms in total. The first-order chi connectivity index (χ1) is 10.3. The van der Waals surface area contributed by atoms with Crippen molar-refractivity contribution in [2.24, 2.45) is 51.7 Å². The zero-order chi connectivity index (χ0) is 15.8. The molecule has 0 aromatic heterocycles. The maximum Gasteiger partial charge on any atom is 0.0829 e. The summed E-state index contributed by atoms with van der Waals surface area (Å²) in [5.41, 5.74) is 19.8. The van der Waals surface area contributed by atoms with Gasteiger partial charge >= 0.3 is 0 Å². The fraction of sp³-hybridized carbons (Fsp3) is 1.00. The highest BCUT2D eigenvalue weighted by atomic mass is 15.1. The minimum atomic E-state index is -0.657. The Morgan fingerprint density at radius 2 is 1.68 bits per heavy atom. The molecule has 0 spiro atoms. The first kappa shape index (κ1) is 15.4. The molecule has 22 heavy (non-hydrogen) atoms. The van der Waals surface area contributed by atoms with Gasteiger partial charge in [-0.05, 0) is 79.4 Å². The van der Waals surface area contributed by atoms with Crippen LogP contribution in [0.25, 0.3) is 0 Å². The number of fused-ring (bicyclic) bond motifs is 5. The highest BCUT2D eigenvalue weighted by Crippen LogP contribution is 2.66. The summed E-state index contributed by atoms with van der Waals surface area (Å²) >= 11 is 0. The molecule has 3 heteroatoms. The van der Waals surface area contributed by atoms with E-state index in [1.165, 1.54) is 51.4 Å². The largest absolute Gasteiger partial charge is 0.325 e. The van der Waals surface area contributed by atoms with E-state index < -0.39 is 5.66 Å². The highest BCUT2D eigenvalue weighted by Gasteiger charge is 2.64. The van der Waals surface area contributed by atoms with Crippen LogP contribution in [0, 0.1) is 34.5 Å². The van der Waals surface area contributed by atoms with Gasteiger partial charge in [0.25, 0.3) is 0 Å². The fourth-order valence-electron chi connectivity index (χ4n) is 7.69. The predicted molar refractivity (Wildman–Crippen MR) is 90.8 cm³/mol. The van der Waals surface area contributed by atoms with Gasteiger partial charge in [-0.3, -0.25) is 0 Å². The van der Waals surface area contributed by atoms with Crippen LogP contribution in [0.3, 0.4) is 0 Å². The maximum absolute atomic E-state index is 6.63. The van der Waals surface area contributed by atoms with Crippen molar-refractivity contribution in [1.29, 1.82) is 0 Å². The Morgan fingerprint density at radius 1 is 0.909 bits per heavy atom. The van der Waals surface area contributed by atoms with Crippen LogP contribution in [0.2, 0.25) is 0 Å². The van der Waals surface area contributed by atoms with Crippen molar-refractivity contribution in [3.05, 3.63) is 0 Å². The van der Waals surface area contributed by atoms with Crippen LogP contribution in [0.1, 0.15) is 71.6 Å². The quantitative estimate of drug-likeness (QED) is 0.602. The lowest BCUT2D eigenvalue weighted by atomic mass is 9.45. The van der Waals surface area contributed by atoms with Crippen molar-refractivity contribution in [3.63, 3.8) is 0 Å². The first-order valence-electron chi connectivity index (χ1n) is 9.62. The van der Waals surface area contributed by atoms with Crippen LogP contribution in [0.4, 0.5) is 0 Å². The second-order valence-electron chi connectivity index (χ2n) is 9.78. The van der Waals surface area contributed by atoms with Crippen molar-refractivity contribution in [1.82, 2.24) is 0 Å². The lowest BCUT2D eigenvalue weighted by Gasteiger charge is -2.61. The van der Waals surface area contributed by atoms with Gasteiger partial charge < -0.3 is 17.2 Å².